The lowest BCUT2D eigenvalue weighted by molar-refractivity contribution is -0.143. The lowest BCUT2D eigenvalue weighted by Crippen LogP contribution is -2.14. The lowest BCUT2D eigenvalue weighted by Gasteiger charge is -2.14. The van der Waals surface area contributed by atoms with Gasteiger partial charge in [0, 0.05) is 0 Å². The summed E-state index contributed by atoms with van der Waals surface area (Å²) in [6.45, 7) is 0.660. The monoisotopic (exact) mass is 246 g/mol. The van der Waals surface area contributed by atoms with E-state index in [1.165, 1.54) is 0 Å². The molecule has 7 heteroatoms. The van der Waals surface area contributed by atoms with Crippen molar-refractivity contribution in [1.82, 2.24) is 0 Å². The first kappa shape index (κ1) is 12.8. The van der Waals surface area contributed by atoms with Crippen LogP contribution in [0, 0.1) is 12.7 Å². The third kappa shape index (κ3) is 2.28. The van der Waals surface area contributed by atoms with Gasteiger partial charge in [-0.3, -0.25) is 0 Å². The second-order valence-corrected chi connectivity index (χ2v) is 3.10. The third-order valence-corrected chi connectivity index (χ3v) is 2.00. The Morgan fingerprint density at radius 2 is 1.19 bits per heavy atom. The van der Waals surface area contributed by atoms with E-state index in [9.17, 15) is 30.7 Å². The maximum absolute atomic E-state index is 13.1. The van der Waals surface area contributed by atoms with Crippen LogP contribution in [0.1, 0.15) is 16.7 Å². The van der Waals surface area contributed by atoms with Gasteiger partial charge in [0.1, 0.15) is 5.82 Å². The largest absolute Gasteiger partial charge is 0.419 e. The Kier molecular flexibility index (Phi) is 2.91. The van der Waals surface area contributed by atoms with Crippen LogP contribution in [0.2, 0.25) is 0 Å². The van der Waals surface area contributed by atoms with E-state index in [1.807, 2.05) is 0 Å². The Morgan fingerprint density at radius 3 is 1.56 bits per heavy atom. The quantitative estimate of drug-likeness (QED) is 0.602. The van der Waals surface area contributed by atoms with Crippen LogP contribution in [-0.2, 0) is 12.4 Å². The number of benzene rings is 1. The van der Waals surface area contributed by atoms with Gasteiger partial charge in [-0.1, -0.05) is 0 Å². The first-order chi connectivity index (χ1) is 7.05. The van der Waals surface area contributed by atoms with Gasteiger partial charge in [-0.15, -0.1) is 0 Å². The zero-order chi connectivity index (χ0) is 12.7. The van der Waals surface area contributed by atoms with Crippen molar-refractivity contribution >= 4 is 0 Å². The van der Waals surface area contributed by atoms with Gasteiger partial charge in [-0.05, 0) is 24.6 Å². The molecule has 0 nitrogen and oxygen atoms in total. The molecule has 0 heterocycles. The summed E-state index contributed by atoms with van der Waals surface area (Å²) < 4.78 is 86.1. The van der Waals surface area contributed by atoms with E-state index in [1.54, 1.807) is 0 Å². The van der Waals surface area contributed by atoms with E-state index < -0.39 is 34.9 Å². The summed E-state index contributed by atoms with van der Waals surface area (Å²) in [5.74, 6) is -1.89. The highest BCUT2D eigenvalue weighted by Crippen LogP contribution is 2.38. The summed E-state index contributed by atoms with van der Waals surface area (Å²) >= 11 is 0. The summed E-state index contributed by atoms with van der Waals surface area (Å²) in [4.78, 5) is 0. The zero-order valence-electron chi connectivity index (χ0n) is 7.80. The van der Waals surface area contributed by atoms with Crippen molar-refractivity contribution in [3.05, 3.63) is 34.6 Å². The average Bonchev–Trinajstić information content (AvgIpc) is 2.05. The van der Waals surface area contributed by atoms with Crippen LogP contribution in [0.5, 0.6) is 0 Å². The van der Waals surface area contributed by atoms with Crippen molar-refractivity contribution < 1.29 is 30.7 Å². The van der Waals surface area contributed by atoms with Gasteiger partial charge >= 0.3 is 12.4 Å². The Labute approximate surface area is 85.7 Å². The molecular formula is C9H5F7. The smallest absolute Gasteiger partial charge is 0.206 e. The minimum absolute atomic E-state index is 0.0884. The number of rotatable bonds is 0. The second-order valence-electron chi connectivity index (χ2n) is 3.10. The van der Waals surface area contributed by atoms with Crippen molar-refractivity contribution in [3.63, 3.8) is 0 Å². The Bertz CT molecular complexity index is 361. The van der Waals surface area contributed by atoms with Crippen LogP contribution in [0.25, 0.3) is 0 Å². The molecule has 90 valence electrons. The summed E-state index contributed by atoms with van der Waals surface area (Å²) in [6, 6.07) is 0.312. The van der Waals surface area contributed by atoms with Crippen molar-refractivity contribution in [3.8, 4) is 0 Å². The molecule has 0 unspecified atom stereocenters. The standard InChI is InChI=1S/C9H5F7/c1-4-5(8(11,12)13)2-3-6(7(4)10)9(14,15)16/h2-3H,1H3. The fourth-order valence-corrected chi connectivity index (χ4v) is 1.21. The Balaban J connectivity index is 3.41. The molecule has 0 N–H and O–H groups in total. The Morgan fingerprint density at radius 1 is 0.812 bits per heavy atom. The van der Waals surface area contributed by atoms with E-state index >= 15 is 0 Å². The van der Waals surface area contributed by atoms with Gasteiger partial charge in [0.05, 0.1) is 11.1 Å². The van der Waals surface area contributed by atoms with Gasteiger partial charge in [0.15, 0.2) is 0 Å². The predicted octanol–water partition coefficient (Wildman–Crippen LogP) is 4.17. The van der Waals surface area contributed by atoms with E-state index in [4.69, 9.17) is 0 Å². The average molecular weight is 246 g/mol. The maximum Gasteiger partial charge on any atom is 0.419 e. The first-order valence-electron chi connectivity index (χ1n) is 3.98. The SMILES string of the molecule is Cc1c(C(F)(F)F)ccc(C(F)(F)F)c1F. The lowest BCUT2D eigenvalue weighted by atomic mass is 10.0. The highest BCUT2D eigenvalue weighted by molar-refractivity contribution is 5.36. The second kappa shape index (κ2) is 3.64. The van der Waals surface area contributed by atoms with Crippen LogP contribution in [0.3, 0.4) is 0 Å². The fraction of sp³-hybridized carbons (Fsp3) is 0.333. The summed E-state index contributed by atoms with van der Waals surface area (Å²) in [5, 5.41) is 0. The van der Waals surface area contributed by atoms with Gasteiger partial charge < -0.3 is 0 Å². The molecule has 1 aromatic carbocycles. The summed E-state index contributed by atoms with van der Waals surface area (Å²) in [7, 11) is 0. The molecule has 0 aromatic heterocycles. The van der Waals surface area contributed by atoms with Crippen molar-refractivity contribution in [1.29, 1.82) is 0 Å². The normalized spacial score (nSPS) is 13.0. The van der Waals surface area contributed by atoms with Crippen LogP contribution >= 0.6 is 0 Å². The van der Waals surface area contributed by atoms with E-state index in [-0.39, 0.29) is 12.1 Å². The van der Waals surface area contributed by atoms with Crippen LogP contribution in [0.15, 0.2) is 12.1 Å². The molecule has 0 fully saturated rings. The van der Waals surface area contributed by atoms with Crippen molar-refractivity contribution in [2.45, 2.75) is 19.3 Å². The minimum Gasteiger partial charge on any atom is -0.206 e. The number of hydrogen-bond donors (Lipinski definition) is 0. The molecule has 0 aliphatic carbocycles. The van der Waals surface area contributed by atoms with Crippen LogP contribution < -0.4 is 0 Å². The first-order valence-corrected chi connectivity index (χ1v) is 3.98. The highest BCUT2D eigenvalue weighted by atomic mass is 19.4. The summed E-state index contributed by atoms with van der Waals surface area (Å²) in [6.07, 6.45) is -9.87. The number of hydrogen-bond acceptors (Lipinski definition) is 0. The predicted molar refractivity (Wildman–Crippen MR) is 41.1 cm³/mol. The van der Waals surface area contributed by atoms with E-state index in [0.29, 0.717) is 6.92 Å². The number of halogens is 7. The van der Waals surface area contributed by atoms with E-state index in [0.717, 1.165) is 0 Å². The topological polar surface area (TPSA) is 0 Å². The molecule has 0 saturated carbocycles. The fourth-order valence-electron chi connectivity index (χ4n) is 1.21. The molecule has 0 aliphatic rings. The Hall–Kier alpha value is -1.27. The molecule has 0 saturated heterocycles. The molecule has 0 atom stereocenters. The maximum atomic E-state index is 13.1. The molecule has 0 spiro atoms. The molecule has 0 bridgehead atoms. The molecule has 0 radical (unpaired) electrons. The molecule has 0 aliphatic heterocycles. The zero-order valence-corrected chi connectivity index (χ0v) is 7.80. The molecule has 16 heavy (non-hydrogen) atoms. The number of alkyl halides is 6. The van der Waals surface area contributed by atoms with E-state index in [2.05, 4.69) is 0 Å². The summed E-state index contributed by atoms with van der Waals surface area (Å²) in [5.41, 5.74) is -4.15. The third-order valence-electron chi connectivity index (χ3n) is 2.00. The van der Waals surface area contributed by atoms with Crippen LogP contribution in [-0.4, -0.2) is 0 Å². The van der Waals surface area contributed by atoms with Crippen molar-refractivity contribution in [2.75, 3.05) is 0 Å². The molecule has 1 rings (SSSR count). The van der Waals surface area contributed by atoms with Gasteiger partial charge in [0.25, 0.3) is 0 Å². The van der Waals surface area contributed by atoms with Crippen LogP contribution in [0.4, 0.5) is 30.7 Å². The molecule has 0 amide bonds. The minimum atomic E-state index is -5.00. The molecule has 1 aromatic rings. The highest BCUT2D eigenvalue weighted by Gasteiger charge is 2.39. The molecular weight excluding hydrogens is 241 g/mol. The van der Waals surface area contributed by atoms with Crippen molar-refractivity contribution in [2.24, 2.45) is 0 Å². The van der Waals surface area contributed by atoms with Gasteiger partial charge in [0.2, 0.25) is 0 Å². The van der Waals surface area contributed by atoms with Gasteiger partial charge in [-0.25, -0.2) is 4.39 Å². The van der Waals surface area contributed by atoms with Gasteiger partial charge in [-0.2, -0.15) is 26.3 Å².